The van der Waals surface area contributed by atoms with E-state index >= 15 is 0 Å². The number of carbonyl (C=O) groups is 1. The first-order chi connectivity index (χ1) is 9.88. The summed E-state index contributed by atoms with van der Waals surface area (Å²) in [6.45, 7) is -1.03. The van der Waals surface area contributed by atoms with E-state index in [0.29, 0.717) is 0 Å². The molecule has 0 spiro atoms. The molecule has 1 aromatic rings. The van der Waals surface area contributed by atoms with Crippen LogP contribution in [-0.4, -0.2) is 85.9 Å². The summed E-state index contributed by atoms with van der Waals surface area (Å²) in [4.78, 5) is 17.0. The van der Waals surface area contributed by atoms with Gasteiger partial charge in [0, 0.05) is 19.8 Å². The van der Waals surface area contributed by atoms with Crippen LogP contribution in [0.15, 0.2) is 24.4 Å². The van der Waals surface area contributed by atoms with Crippen LogP contribution in [0, 0.1) is 0 Å². The summed E-state index contributed by atoms with van der Waals surface area (Å²) in [5.74, 6) is -0.459. The lowest BCUT2D eigenvalue weighted by molar-refractivity contribution is -0.117. The number of pyridine rings is 1. The van der Waals surface area contributed by atoms with Gasteiger partial charge in [0.25, 0.3) is 5.91 Å². The zero-order valence-corrected chi connectivity index (χ0v) is 11.6. The first kappa shape index (κ1) is 17.5. The van der Waals surface area contributed by atoms with Crippen molar-refractivity contribution in [3.05, 3.63) is 30.1 Å². The van der Waals surface area contributed by atoms with Crippen LogP contribution in [0.5, 0.6) is 0 Å². The molecule has 0 saturated carbocycles. The predicted molar refractivity (Wildman–Crippen MR) is 72.3 cm³/mol. The SMILES string of the molecule is CN(C[C@H](O)[C@@H](O)[C@H](O)[C@H](O)CO)C(=O)c1ccccn1. The van der Waals surface area contributed by atoms with E-state index in [4.69, 9.17) is 5.11 Å². The highest BCUT2D eigenvalue weighted by atomic mass is 16.4. The molecule has 0 aliphatic carbocycles. The van der Waals surface area contributed by atoms with Gasteiger partial charge in [0.15, 0.2) is 0 Å². The van der Waals surface area contributed by atoms with Crippen LogP contribution in [0.4, 0.5) is 0 Å². The Kier molecular flexibility index (Phi) is 6.66. The molecule has 0 fully saturated rings. The van der Waals surface area contributed by atoms with Gasteiger partial charge in [-0.05, 0) is 12.1 Å². The first-order valence-electron chi connectivity index (χ1n) is 6.38. The fourth-order valence-electron chi connectivity index (χ4n) is 1.72. The van der Waals surface area contributed by atoms with Crippen LogP contribution < -0.4 is 0 Å². The minimum absolute atomic E-state index is 0.178. The van der Waals surface area contributed by atoms with Gasteiger partial charge in [-0.15, -0.1) is 0 Å². The van der Waals surface area contributed by atoms with Gasteiger partial charge < -0.3 is 30.4 Å². The van der Waals surface area contributed by atoms with Crippen LogP contribution in [-0.2, 0) is 0 Å². The van der Waals surface area contributed by atoms with Gasteiger partial charge in [0.05, 0.1) is 6.61 Å². The van der Waals surface area contributed by atoms with Gasteiger partial charge in [-0.3, -0.25) is 9.78 Å². The largest absolute Gasteiger partial charge is 0.394 e. The second-order valence-corrected chi connectivity index (χ2v) is 4.70. The number of likely N-dealkylation sites (N-methyl/N-ethyl adjacent to an activating group) is 1. The summed E-state index contributed by atoms with van der Waals surface area (Å²) in [6, 6.07) is 4.80. The zero-order chi connectivity index (χ0) is 16.0. The monoisotopic (exact) mass is 300 g/mol. The molecule has 1 heterocycles. The molecule has 1 amide bonds. The Labute approximate surface area is 121 Å². The molecule has 0 aliphatic heterocycles. The average molecular weight is 300 g/mol. The number of hydrogen-bond acceptors (Lipinski definition) is 7. The molecular weight excluding hydrogens is 280 g/mol. The van der Waals surface area contributed by atoms with E-state index in [9.17, 15) is 25.2 Å². The number of carbonyl (C=O) groups excluding carboxylic acids is 1. The second kappa shape index (κ2) is 8.01. The summed E-state index contributed by atoms with van der Waals surface area (Å²) < 4.78 is 0. The van der Waals surface area contributed by atoms with Crippen molar-refractivity contribution in [2.45, 2.75) is 24.4 Å². The number of rotatable bonds is 7. The summed E-state index contributed by atoms with van der Waals surface area (Å²) in [5, 5.41) is 46.8. The summed E-state index contributed by atoms with van der Waals surface area (Å²) in [7, 11) is 1.40. The lowest BCUT2D eigenvalue weighted by Gasteiger charge is -2.28. The van der Waals surface area contributed by atoms with Crippen molar-refractivity contribution in [2.24, 2.45) is 0 Å². The molecule has 0 aliphatic rings. The van der Waals surface area contributed by atoms with Gasteiger partial charge in [-0.25, -0.2) is 0 Å². The van der Waals surface area contributed by atoms with Gasteiger partial charge in [-0.1, -0.05) is 6.07 Å². The van der Waals surface area contributed by atoms with E-state index in [2.05, 4.69) is 4.98 Å². The predicted octanol–water partition coefficient (Wildman–Crippen LogP) is -2.41. The number of hydrogen-bond donors (Lipinski definition) is 5. The number of aliphatic hydroxyl groups excluding tert-OH is 5. The smallest absolute Gasteiger partial charge is 0.272 e. The molecule has 1 aromatic heterocycles. The van der Waals surface area contributed by atoms with Crippen molar-refractivity contribution >= 4 is 5.91 Å². The molecule has 1 rings (SSSR count). The Morgan fingerprint density at radius 2 is 1.81 bits per heavy atom. The first-order valence-corrected chi connectivity index (χ1v) is 6.38. The quantitative estimate of drug-likeness (QED) is 0.378. The molecule has 5 N–H and O–H groups in total. The zero-order valence-electron chi connectivity index (χ0n) is 11.6. The third-order valence-electron chi connectivity index (χ3n) is 3.02. The summed E-state index contributed by atoms with van der Waals surface area (Å²) >= 11 is 0. The van der Waals surface area contributed by atoms with Crippen molar-refractivity contribution in [2.75, 3.05) is 20.2 Å². The maximum atomic E-state index is 12.0. The van der Waals surface area contributed by atoms with Gasteiger partial charge in [0.1, 0.15) is 30.1 Å². The average Bonchev–Trinajstić information content (AvgIpc) is 2.52. The number of nitrogens with zero attached hydrogens (tertiary/aromatic N) is 2. The lowest BCUT2D eigenvalue weighted by Crippen LogP contribution is -2.50. The van der Waals surface area contributed by atoms with Crippen LogP contribution in [0.1, 0.15) is 10.5 Å². The Morgan fingerprint density at radius 3 is 2.33 bits per heavy atom. The molecule has 8 nitrogen and oxygen atoms in total. The highest BCUT2D eigenvalue weighted by molar-refractivity contribution is 5.92. The van der Waals surface area contributed by atoms with E-state index in [1.165, 1.54) is 19.3 Å². The maximum Gasteiger partial charge on any atom is 0.272 e. The van der Waals surface area contributed by atoms with Gasteiger partial charge in [-0.2, -0.15) is 0 Å². The molecule has 0 aromatic carbocycles. The van der Waals surface area contributed by atoms with Gasteiger partial charge in [0.2, 0.25) is 0 Å². The fourth-order valence-corrected chi connectivity index (χ4v) is 1.72. The molecule has 8 heteroatoms. The van der Waals surface area contributed by atoms with E-state index in [-0.39, 0.29) is 12.2 Å². The molecule has 0 saturated heterocycles. The summed E-state index contributed by atoms with van der Waals surface area (Å²) in [6.07, 6.45) is -5.03. The Balaban J connectivity index is 2.61. The highest BCUT2D eigenvalue weighted by Gasteiger charge is 2.31. The molecule has 4 atom stereocenters. The van der Waals surface area contributed by atoms with E-state index < -0.39 is 36.9 Å². The third-order valence-corrected chi connectivity index (χ3v) is 3.02. The lowest BCUT2D eigenvalue weighted by atomic mass is 10.0. The molecule has 118 valence electrons. The molecule has 0 bridgehead atoms. The maximum absolute atomic E-state index is 12.0. The van der Waals surface area contributed by atoms with Crippen LogP contribution in [0.2, 0.25) is 0 Å². The molecular formula is C13H20N2O6. The Morgan fingerprint density at radius 1 is 1.19 bits per heavy atom. The highest BCUT2D eigenvalue weighted by Crippen LogP contribution is 2.08. The van der Waals surface area contributed by atoms with Crippen molar-refractivity contribution in [1.29, 1.82) is 0 Å². The van der Waals surface area contributed by atoms with Crippen molar-refractivity contribution in [3.63, 3.8) is 0 Å². The minimum atomic E-state index is -1.72. The number of aromatic nitrogens is 1. The van der Waals surface area contributed by atoms with Gasteiger partial charge >= 0.3 is 0 Å². The topological polar surface area (TPSA) is 134 Å². The van der Waals surface area contributed by atoms with Crippen molar-refractivity contribution < 1.29 is 30.3 Å². The molecule has 0 radical (unpaired) electrons. The molecule has 0 unspecified atom stereocenters. The molecule has 21 heavy (non-hydrogen) atoms. The van der Waals surface area contributed by atoms with E-state index in [1.54, 1.807) is 12.1 Å². The van der Waals surface area contributed by atoms with Crippen molar-refractivity contribution in [3.8, 4) is 0 Å². The number of aliphatic hydroxyl groups is 5. The Bertz CT molecular complexity index is 444. The Hall–Kier alpha value is -1.58. The normalized spacial score (nSPS) is 16.9. The van der Waals surface area contributed by atoms with Crippen LogP contribution in [0.25, 0.3) is 0 Å². The fraction of sp³-hybridized carbons (Fsp3) is 0.538. The standard InChI is InChI=1S/C13H20N2O6/c1-15(13(21)8-4-2-3-5-14-8)6-9(17)11(19)12(20)10(18)7-16/h2-5,9-12,16-20H,6-7H2,1H3/t9-,10+,11+,12+/m0/s1. The summed E-state index contributed by atoms with van der Waals surface area (Å²) in [5.41, 5.74) is 0.178. The number of amides is 1. The minimum Gasteiger partial charge on any atom is -0.394 e. The van der Waals surface area contributed by atoms with Crippen LogP contribution in [0.3, 0.4) is 0 Å². The van der Waals surface area contributed by atoms with Crippen molar-refractivity contribution in [1.82, 2.24) is 9.88 Å². The van der Waals surface area contributed by atoms with E-state index in [0.717, 1.165) is 4.90 Å². The van der Waals surface area contributed by atoms with E-state index in [1.807, 2.05) is 0 Å². The van der Waals surface area contributed by atoms with Crippen LogP contribution >= 0.6 is 0 Å². The second-order valence-electron chi connectivity index (χ2n) is 4.70. The third kappa shape index (κ3) is 4.73.